The van der Waals surface area contributed by atoms with Crippen LogP contribution in [0.25, 0.3) is 0 Å². The SMILES string of the molecule is CCc1ccc(N(C)CC(C)(C)c2ccc(N)cc2)cc1. The van der Waals surface area contributed by atoms with Crippen LogP contribution in [0.1, 0.15) is 31.9 Å². The molecule has 0 aromatic heterocycles. The first kappa shape index (κ1) is 15.4. The van der Waals surface area contributed by atoms with Crippen molar-refractivity contribution in [2.45, 2.75) is 32.6 Å². The van der Waals surface area contributed by atoms with Gasteiger partial charge in [-0.05, 0) is 41.8 Å². The maximum atomic E-state index is 5.78. The van der Waals surface area contributed by atoms with Gasteiger partial charge in [-0.15, -0.1) is 0 Å². The molecule has 0 atom stereocenters. The van der Waals surface area contributed by atoms with E-state index in [-0.39, 0.29) is 5.41 Å². The van der Waals surface area contributed by atoms with Crippen LogP contribution in [0.15, 0.2) is 48.5 Å². The Hall–Kier alpha value is -1.96. The Balaban J connectivity index is 2.12. The van der Waals surface area contributed by atoms with Gasteiger partial charge in [0.2, 0.25) is 0 Å². The maximum Gasteiger partial charge on any atom is 0.0364 e. The van der Waals surface area contributed by atoms with Crippen molar-refractivity contribution >= 4 is 11.4 Å². The smallest absolute Gasteiger partial charge is 0.0364 e. The van der Waals surface area contributed by atoms with Crippen molar-refractivity contribution in [2.75, 3.05) is 24.2 Å². The number of hydrogen-bond donors (Lipinski definition) is 1. The van der Waals surface area contributed by atoms with Crippen LogP contribution >= 0.6 is 0 Å². The standard InChI is InChI=1S/C19H26N2/c1-5-15-6-12-18(13-7-15)21(4)14-19(2,3)16-8-10-17(20)11-9-16/h6-13H,5,14,20H2,1-4H3. The minimum atomic E-state index is 0.0753. The molecule has 0 aliphatic carbocycles. The lowest BCUT2D eigenvalue weighted by atomic mass is 9.84. The van der Waals surface area contributed by atoms with Gasteiger partial charge in [0.15, 0.2) is 0 Å². The van der Waals surface area contributed by atoms with E-state index >= 15 is 0 Å². The summed E-state index contributed by atoms with van der Waals surface area (Å²) in [5, 5.41) is 0. The summed E-state index contributed by atoms with van der Waals surface area (Å²) in [7, 11) is 2.15. The van der Waals surface area contributed by atoms with Gasteiger partial charge in [-0.2, -0.15) is 0 Å². The van der Waals surface area contributed by atoms with Crippen LogP contribution in [-0.4, -0.2) is 13.6 Å². The van der Waals surface area contributed by atoms with Crippen LogP contribution in [0.4, 0.5) is 11.4 Å². The Morgan fingerprint density at radius 1 is 0.952 bits per heavy atom. The molecule has 2 nitrogen and oxygen atoms in total. The summed E-state index contributed by atoms with van der Waals surface area (Å²) in [6.07, 6.45) is 1.08. The fourth-order valence-corrected chi connectivity index (χ4v) is 2.70. The van der Waals surface area contributed by atoms with Crippen molar-refractivity contribution in [1.82, 2.24) is 0 Å². The van der Waals surface area contributed by atoms with Crippen LogP contribution in [0.3, 0.4) is 0 Å². The van der Waals surface area contributed by atoms with Gasteiger partial charge in [0.1, 0.15) is 0 Å². The number of nitrogen functional groups attached to an aromatic ring is 1. The molecule has 2 aromatic rings. The second-order valence-electron chi connectivity index (χ2n) is 6.38. The summed E-state index contributed by atoms with van der Waals surface area (Å²) in [4.78, 5) is 2.32. The average molecular weight is 282 g/mol. The monoisotopic (exact) mass is 282 g/mol. The van der Waals surface area contributed by atoms with E-state index in [0.717, 1.165) is 18.7 Å². The maximum absolute atomic E-state index is 5.78. The van der Waals surface area contributed by atoms with Crippen molar-refractivity contribution in [2.24, 2.45) is 0 Å². The van der Waals surface area contributed by atoms with E-state index in [2.05, 4.69) is 69.1 Å². The molecular weight excluding hydrogens is 256 g/mol. The normalized spacial score (nSPS) is 11.4. The molecular formula is C19H26N2. The summed E-state index contributed by atoms with van der Waals surface area (Å²) >= 11 is 0. The number of aryl methyl sites for hydroxylation is 1. The molecule has 0 aliphatic rings. The Morgan fingerprint density at radius 2 is 1.52 bits per heavy atom. The zero-order chi connectivity index (χ0) is 15.5. The molecule has 112 valence electrons. The minimum absolute atomic E-state index is 0.0753. The van der Waals surface area contributed by atoms with Crippen LogP contribution in [0, 0.1) is 0 Å². The van der Waals surface area contributed by atoms with E-state index in [1.165, 1.54) is 16.8 Å². The van der Waals surface area contributed by atoms with Gasteiger partial charge in [0, 0.05) is 30.4 Å². The van der Waals surface area contributed by atoms with Gasteiger partial charge < -0.3 is 10.6 Å². The first-order valence-corrected chi connectivity index (χ1v) is 7.58. The van der Waals surface area contributed by atoms with E-state index in [0.29, 0.717) is 0 Å². The molecule has 0 heterocycles. The van der Waals surface area contributed by atoms with Gasteiger partial charge in [-0.1, -0.05) is 45.0 Å². The van der Waals surface area contributed by atoms with Gasteiger partial charge >= 0.3 is 0 Å². The molecule has 0 amide bonds. The summed E-state index contributed by atoms with van der Waals surface area (Å²) < 4.78 is 0. The van der Waals surface area contributed by atoms with Crippen molar-refractivity contribution < 1.29 is 0 Å². The van der Waals surface area contributed by atoms with E-state index in [9.17, 15) is 0 Å². The predicted molar refractivity (Wildman–Crippen MR) is 93.0 cm³/mol. The number of rotatable bonds is 5. The lowest BCUT2D eigenvalue weighted by Gasteiger charge is -2.32. The van der Waals surface area contributed by atoms with E-state index in [4.69, 9.17) is 5.73 Å². The fourth-order valence-electron chi connectivity index (χ4n) is 2.70. The third-order valence-corrected chi connectivity index (χ3v) is 4.11. The Morgan fingerprint density at radius 3 is 2.05 bits per heavy atom. The molecule has 0 saturated carbocycles. The summed E-state index contributed by atoms with van der Waals surface area (Å²) in [6, 6.07) is 17.0. The first-order valence-electron chi connectivity index (χ1n) is 7.58. The molecule has 0 aliphatic heterocycles. The summed E-state index contributed by atoms with van der Waals surface area (Å²) in [5.41, 5.74) is 10.6. The van der Waals surface area contributed by atoms with Gasteiger partial charge in [-0.25, -0.2) is 0 Å². The second-order valence-corrected chi connectivity index (χ2v) is 6.38. The molecule has 2 N–H and O–H groups in total. The fraction of sp³-hybridized carbons (Fsp3) is 0.368. The van der Waals surface area contributed by atoms with E-state index in [1.54, 1.807) is 0 Å². The zero-order valence-corrected chi connectivity index (χ0v) is 13.6. The highest BCUT2D eigenvalue weighted by molar-refractivity contribution is 5.48. The van der Waals surface area contributed by atoms with Gasteiger partial charge in [0.25, 0.3) is 0 Å². The summed E-state index contributed by atoms with van der Waals surface area (Å²) in [6.45, 7) is 7.69. The van der Waals surface area contributed by atoms with Crippen molar-refractivity contribution in [3.8, 4) is 0 Å². The topological polar surface area (TPSA) is 29.3 Å². The number of nitrogens with zero attached hydrogens (tertiary/aromatic N) is 1. The number of hydrogen-bond acceptors (Lipinski definition) is 2. The van der Waals surface area contributed by atoms with E-state index in [1.807, 2.05) is 12.1 Å². The van der Waals surface area contributed by atoms with E-state index < -0.39 is 0 Å². The molecule has 2 aromatic carbocycles. The molecule has 0 spiro atoms. The Labute approximate surface area is 128 Å². The predicted octanol–water partition coefficient (Wildman–Crippen LogP) is 4.25. The van der Waals surface area contributed by atoms with Crippen LogP contribution in [0.2, 0.25) is 0 Å². The number of nitrogens with two attached hydrogens (primary N) is 1. The molecule has 2 heteroatoms. The van der Waals surface area contributed by atoms with Crippen molar-refractivity contribution in [3.05, 3.63) is 59.7 Å². The van der Waals surface area contributed by atoms with Gasteiger partial charge in [0.05, 0.1) is 0 Å². The Bertz CT molecular complexity index is 568. The lowest BCUT2D eigenvalue weighted by molar-refractivity contribution is 0.524. The number of anilines is 2. The van der Waals surface area contributed by atoms with Gasteiger partial charge in [-0.3, -0.25) is 0 Å². The highest BCUT2D eigenvalue weighted by Crippen LogP contribution is 2.27. The average Bonchev–Trinajstić information content (AvgIpc) is 2.47. The first-order chi connectivity index (χ1) is 9.92. The van der Waals surface area contributed by atoms with Crippen molar-refractivity contribution in [3.63, 3.8) is 0 Å². The number of likely N-dealkylation sites (N-methyl/N-ethyl adjacent to an activating group) is 1. The second kappa shape index (κ2) is 6.21. The molecule has 0 saturated heterocycles. The lowest BCUT2D eigenvalue weighted by Crippen LogP contribution is -2.34. The molecule has 0 radical (unpaired) electrons. The highest BCUT2D eigenvalue weighted by Gasteiger charge is 2.22. The molecule has 0 bridgehead atoms. The summed E-state index contributed by atoms with van der Waals surface area (Å²) in [5.74, 6) is 0. The van der Waals surface area contributed by atoms with Crippen LogP contribution < -0.4 is 10.6 Å². The number of benzene rings is 2. The molecule has 21 heavy (non-hydrogen) atoms. The minimum Gasteiger partial charge on any atom is -0.399 e. The molecule has 0 unspecified atom stereocenters. The molecule has 0 fully saturated rings. The van der Waals surface area contributed by atoms with Crippen LogP contribution in [-0.2, 0) is 11.8 Å². The Kier molecular flexibility index (Phi) is 4.56. The quantitative estimate of drug-likeness (QED) is 0.831. The molecule has 2 rings (SSSR count). The zero-order valence-electron chi connectivity index (χ0n) is 13.6. The largest absolute Gasteiger partial charge is 0.399 e. The third-order valence-electron chi connectivity index (χ3n) is 4.11. The third kappa shape index (κ3) is 3.78. The highest BCUT2D eigenvalue weighted by atomic mass is 15.1. The van der Waals surface area contributed by atoms with Crippen molar-refractivity contribution in [1.29, 1.82) is 0 Å². The van der Waals surface area contributed by atoms with Crippen LogP contribution in [0.5, 0.6) is 0 Å².